The van der Waals surface area contributed by atoms with E-state index in [0.717, 1.165) is 0 Å². The molecule has 6 heteroatoms. The third kappa shape index (κ3) is 2.76. The van der Waals surface area contributed by atoms with E-state index >= 15 is 0 Å². The summed E-state index contributed by atoms with van der Waals surface area (Å²) in [4.78, 5) is 0.832. The summed E-state index contributed by atoms with van der Waals surface area (Å²) in [5.41, 5.74) is 0. The van der Waals surface area contributed by atoms with E-state index in [0.29, 0.717) is 4.88 Å². The van der Waals surface area contributed by atoms with Gasteiger partial charge in [0.2, 0.25) is 10.0 Å². The molecule has 1 aromatic heterocycles. The second-order valence-electron chi connectivity index (χ2n) is 3.51. The highest BCUT2D eigenvalue weighted by molar-refractivity contribution is 7.89. The van der Waals surface area contributed by atoms with E-state index in [4.69, 9.17) is 5.26 Å². The highest BCUT2D eigenvalue weighted by Crippen LogP contribution is 2.20. The summed E-state index contributed by atoms with van der Waals surface area (Å²) < 4.78 is 26.5. The fourth-order valence-corrected chi connectivity index (χ4v) is 3.36. The molecule has 1 atom stereocenters. The molecule has 0 aliphatic heterocycles. The topological polar surface area (TPSA) is 70.0 Å². The molecule has 1 unspecified atom stereocenters. The fourth-order valence-electron chi connectivity index (χ4n) is 1.43. The number of hydrogen-bond acceptors (Lipinski definition) is 4. The minimum atomic E-state index is -3.66. The zero-order valence-electron chi connectivity index (χ0n) is 9.28. The lowest BCUT2D eigenvalue weighted by atomic mass is 10.3. The van der Waals surface area contributed by atoms with Gasteiger partial charge >= 0.3 is 0 Å². The zero-order chi connectivity index (χ0) is 13.0. The van der Waals surface area contributed by atoms with Crippen molar-refractivity contribution in [1.82, 2.24) is 4.72 Å². The fraction of sp³-hybridized carbons (Fsp3) is 0.0833. The number of hydrogen-bond donors (Lipinski definition) is 1. The van der Waals surface area contributed by atoms with Crippen LogP contribution in [0.15, 0.2) is 52.7 Å². The van der Waals surface area contributed by atoms with Gasteiger partial charge in [-0.2, -0.15) is 9.98 Å². The quantitative estimate of drug-likeness (QED) is 0.932. The van der Waals surface area contributed by atoms with Crippen LogP contribution in [0.1, 0.15) is 10.9 Å². The van der Waals surface area contributed by atoms with E-state index < -0.39 is 16.1 Å². The summed E-state index contributed by atoms with van der Waals surface area (Å²) in [6.07, 6.45) is 0. The average Bonchev–Trinajstić information content (AvgIpc) is 2.91. The van der Waals surface area contributed by atoms with Crippen LogP contribution in [0.3, 0.4) is 0 Å². The largest absolute Gasteiger partial charge is 0.242 e. The van der Waals surface area contributed by atoms with E-state index in [2.05, 4.69) is 4.72 Å². The minimum absolute atomic E-state index is 0.154. The number of benzene rings is 1. The summed E-state index contributed by atoms with van der Waals surface area (Å²) in [7, 11) is -3.66. The Hall–Kier alpha value is -1.68. The van der Waals surface area contributed by atoms with Crippen molar-refractivity contribution in [1.29, 1.82) is 5.26 Å². The maximum absolute atomic E-state index is 12.0. The molecule has 0 aliphatic rings. The second kappa shape index (κ2) is 5.31. The van der Waals surface area contributed by atoms with Gasteiger partial charge in [-0.3, -0.25) is 0 Å². The molecule has 92 valence electrons. The number of sulfonamides is 1. The van der Waals surface area contributed by atoms with Crippen molar-refractivity contribution in [2.75, 3.05) is 0 Å². The molecular weight excluding hydrogens is 268 g/mol. The van der Waals surface area contributed by atoms with Crippen LogP contribution in [0.25, 0.3) is 0 Å². The molecule has 18 heavy (non-hydrogen) atoms. The van der Waals surface area contributed by atoms with Gasteiger partial charge in [-0.1, -0.05) is 24.3 Å². The molecule has 1 aromatic carbocycles. The SMILES string of the molecule is N#CC(NS(=O)(=O)c1ccccc1)c1cccs1. The molecule has 0 saturated carbocycles. The highest BCUT2D eigenvalue weighted by atomic mass is 32.2. The van der Waals surface area contributed by atoms with Crippen LogP contribution in [0, 0.1) is 11.3 Å². The molecule has 1 N–H and O–H groups in total. The van der Waals surface area contributed by atoms with Crippen molar-refractivity contribution in [2.24, 2.45) is 0 Å². The Morgan fingerprint density at radius 2 is 1.89 bits per heavy atom. The van der Waals surface area contributed by atoms with Crippen LogP contribution in [0.4, 0.5) is 0 Å². The van der Waals surface area contributed by atoms with E-state index in [-0.39, 0.29) is 4.90 Å². The van der Waals surface area contributed by atoms with Crippen LogP contribution in [0.5, 0.6) is 0 Å². The molecule has 0 aliphatic carbocycles. The number of rotatable bonds is 4. The van der Waals surface area contributed by atoms with Crippen LogP contribution in [-0.4, -0.2) is 8.42 Å². The van der Waals surface area contributed by atoms with Crippen molar-refractivity contribution < 1.29 is 8.42 Å². The van der Waals surface area contributed by atoms with Gasteiger partial charge in [-0.25, -0.2) is 8.42 Å². The minimum Gasteiger partial charge on any atom is -0.207 e. The first kappa shape index (κ1) is 12.8. The van der Waals surface area contributed by atoms with E-state index in [1.54, 1.807) is 35.7 Å². The van der Waals surface area contributed by atoms with Crippen LogP contribution in [0.2, 0.25) is 0 Å². The highest BCUT2D eigenvalue weighted by Gasteiger charge is 2.21. The number of nitriles is 1. The molecule has 2 rings (SSSR count). The summed E-state index contributed by atoms with van der Waals surface area (Å²) in [6.45, 7) is 0. The maximum Gasteiger partial charge on any atom is 0.242 e. The monoisotopic (exact) mass is 278 g/mol. The lowest BCUT2D eigenvalue weighted by Gasteiger charge is -2.10. The predicted octanol–water partition coefficient (Wildman–Crippen LogP) is 2.29. The number of nitrogens with zero attached hydrogens (tertiary/aromatic N) is 1. The molecule has 0 bridgehead atoms. The number of nitrogens with one attached hydrogen (secondary N) is 1. The van der Waals surface area contributed by atoms with E-state index in [1.165, 1.54) is 23.5 Å². The lowest BCUT2D eigenvalue weighted by molar-refractivity contribution is 0.576. The van der Waals surface area contributed by atoms with Crippen molar-refractivity contribution in [3.05, 3.63) is 52.7 Å². The standard InChI is InChI=1S/C12H10N2O2S2/c13-9-11(12-7-4-8-17-12)14-18(15,16)10-5-2-1-3-6-10/h1-8,11,14H. The molecule has 0 spiro atoms. The lowest BCUT2D eigenvalue weighted by Crippen LogP contribution is -2.27. The van der Waals surface area contributed by atoms with Crippen LogP contribution >= 0.6 is 11.3 Å². The third-order valence-electron chi connectivity index (χ3n) is 2.28. The molecule has 1 heterocycles. The zero-order valence-corrected chi connectivity index (χ0v) is 10.9. The molecule has 0 saturated heterocycles. The van der Waals surface area contributed by atoms with Gasteiger partial charge in [0, 0.05) is 4.88 Å². The normalized spacial score (nSPS) is 12.8. The Balaban J connectivity index is 2.26. The van der Waals surface area contributed by atoms with Crippen LogP contribution in [-0.2, 0) is 10.0 Å². The van der Waals surface area contributed by atoms with E-state index in [9.17, 15) is 8.42 Å². The van der Waals surface area contributed by atoms with Gasteiger partial charge in [0.05, 0.1) is 11.0 Å². The van der Waals surface area contributed by atoms with Crippen molar-refractivity contribution in [3.63, 3.8) is 0 Å². The average molecular weight is 278 g/mol. The summed E-state index contributed by atoms with van der Waals surface area (Å²) >= 11 is 1.34. The Morgan fingerprint density at radius 1 is 1.17 bits per heavy atom. The van der Waals surface area contributed by atoms with Crippen molar-refractivity contribution in [2.45, 2.75) is 10.9 Å². The molecule has 0 amide bonds. The summed E-state index contributed by atoms with van der Waals surface area (Å²) in [5.74, 6) is 0. The second-order valence-corrected chi connectivity index (χ2v) is 6.21. The first-order chi connectivity index (χ1) is 8.63. The Bertz CT molecular complexity index is 643. The smallest absolute Gasteiger partial charge is 0.207 e. The third-order valence-corrected chi connectivity index (χ3v) is 4.66. The molecule has 0 radical (unpaired) electrons. The first-order valence-corrected chi connectivity index (χ1v) is 7.50. The van der Waals surface area contributed by atoms with Gasteiger partial charge in [0.15, 0.2) is 0 Å². The van der Waals surface area contributed by atoms with Gasteiger partial charge in [0.25, 0.3) is 0 Å². The molecule has 4 nitrogen and oxygen atoms in total. The van der Waals surface area contributed by atoms with Crippen molar-refractivity contribution in [3.8, 4) is 6.07 Å². The summed E-state index contributed by atoms with van der Waals surface area (Å²) in [5, 5.41) is 10.8. The molecular formula is C12H10N2O2S2. The first-order valence-electron chi connectivity index (χ1n) is 5.14. The molecule has 2 aromatic rings. The predicted molar refractivity (Wildman–Crippen MR) is 69.4 cm³/mol. The van der Waals surface area contributed by atoms with E-state index in [1.807, 2.05) is 6.07 Å². The van der Waals surface area contributed by atoms with Gasteiger partial charge in [-0.15, -0.1) is 11.3 Å². The summed E-state index contributed by atoms with van der Waals surface area (Å²) in [6, 6.07) is 12.6. The number of thiophene rings is 1. The van der Waals surface area contributed by atoms with Gasteiger partial charge in [-0.05, 0) is 23.6 Å². The van der Waals surface area contributed by atoms with Crippen LogP contribution < -0.4 is 4.72 Å². The maximum atomic E-state index is 12.0. The van der Waals surface area contributed by atoms with Gasteiger partial charge < -0.3 is 0 Å². The Morgan fingerprint density at radius 3 is 2.44 bits per heavy atom. The molecule has 0 fully saturated rings. The Kier molecular flexibility index (Phi) is 3.77. The van der Waals surface area contributed by atoms with Crippen molar-refractivity contribution >= 4 is 21.4 Å². The van der Waals surface area contributed by atoms with Gasteiger partial charge in [0.1, 0.15) is 6.04 Å². The Labute approximate surface area is 110 Å².